The molecule has 0 unspecified atom stereocenters. The predicted octanol–water partition coefficient (Wildman–Crippen LogP) is 4.36. The van der Waals surface area contributed by atoms with Gasteiger partial charge in [0.15, 0.2) is 5.41 Å². The number of carbonyl (C=O) groups excluding carboxylic acids is 1. The van der Waals surface area contributed by atoms with Crippen molar-refractivity contribution in [3.05, 3.63) is 48.3 Å². The second-order valence-electron chi connectivity index (χ2n) is 6.20. The Morgan fingerprint density at radius 2 is 1.95 bits per heavy atom. The summed E-state index contributed by atoms with van der Waals surface area (Å²) in [5, 5.41) is 9.69. The average Bonchev–Trinajstić information content (AvgIpc) is 2.44. The van der Waals surface area contributed by atoms with Gasteiger partial charge < -0.3 is 4.74 Å². The highest BCUT2D eigenvalue weighted by molar-refractivity contribution is 5.82. The van der Waals surface area contributed by atoms with Crippen molar-refractivity contribution in [2.45, 2.75) is 45.6 Å². The molecule has 0 bridgehead atoms. The fourth-order valence-electron chi connectivity index (χ4n) is 2.35. The molecule has 118 valence electrons. The zero-order chi connectivity index (χ0) is 17.0. The molecule has 4 heteroatoms. The van der Waals surface area contributed by atoms with E-state index in [0.717, 1.165) is 0 Å². The maximum atomic E-state index is 13.1. The molecule has 0 aliphatic heterocycles. The van der Waals surface area contributed by atoms with Crippen molar-refractivity contribution in [2.75, 3.05) is 0 Å². The molecule has 1 aromatic rings. The number of hydrogen-bond acceptors (Lipinski definition) is 3. The second-order valence-corrected chi connectivity index (χ2v) is 6.20. The van der Waals surface area contributed by atoms with Gasteiger partial charge in [-0.25, -0.2) is 4.39 Å². The molecule has 0 amide bonds. The molecule has 1 rings (SSSR count). The molecule has 0 saturated heterocycles. The van der Waals surface area contributed by atoms with Crippen LogP contribution in [0.1, 0.15) is 45.6 Å². The Bertz CT molecular complexity index is 581. The lowest BCUT2D eigenvalue weighted by molar-refractivity contribution is -0.165. The summed E-state index contributed by atoms with van der Waals surface area (Å²) in [5.74, 6) is -1.53. The number of carbonyl (C=O) groups is 1. The van der Waals surface area contributed by atoms with E-state index in [9.17, 15) is 14.4 Å². The molecule has 0 aromatic heterocycles. The number of nitriles is 1. The molecule has 0 spiro atoms. The Hall–Kier alpha value is -2.15. The van der Waals surface area contributed by atoms with Crippen LogP contribution in [-0.2, 0) is 9.53 Å². The van der Waals surface area contributed by atoms with Gasteiger partial charge in [0, 0.05) is 5.92 Å². The van der Waals surface area contributed by atoms with Crippen molar-refractivity contribution >= 4 is 5.97 Å². The van der Waals surface area contributed by atoms with E-state index in [1.165, 1.54) is 12.1 Å². The number of hydrogen-bond donors (Lipinski definition) is 0. The van der Waals surface area contributed by atoms with Gasteiger partial charge in [-0.2, -0.15) is 5.26 Å². The Labute approximate surface area is 131 Å². The molecule has 0 saturated carbocycles. The van der Waals surface area contributed by atoms with E-state index in [1.807, 2.05) is 0 Å². The molecule has 3 nitrogen and oxygen atoms in total. The van der Waals surface area contributed by atoms with Gasteiger partial charge in [-0.05, 0) is 44.9 Å². The smallest absolute Gasteiger partial charge is 0.327 e. The van der Waals surface area contributed by atoms with Crippen molar-refractivity contribution in [3.8, 4) is 6.07 Å². The highest BCUT2D eigenvalue weighted by Gasteiger charge is 2.47. The first-order valence-corrected chi connectivity index (χ1v) is 7.23. The van der Waals surface area contributed by atoms with E-state index in [0.29, 0.717) is 5.56 Å². The first-order chi connectivity index (χ1) is 10.2. The molecule has 0 fully saturated rings. The second kappa shape index (κ2) is 6.74. The molecule has 2 atom stereocenters. The number of nitrogens with zero attached hydrogens (tertiary/aromatic N) is 1. The molecule has 0 N–H and O–H groups in total. The molecule has 0 aliphatic carbocycles. The lowest BCUT2D eigenvalue weighted by Crippen LogP contribution is -2.40. The van der Waals surface area contributed by atoms with Crippen LogP contribution in [0.15, 0.2) is 36.9 Å². The fraction of sp³-hybridized carbons (Fsp3) is 0.444. The van der Waals surface area contributed by atoms with Gasteiger partial charge in [0.2, 0.25) is 0 Å². The number of allylic oxidation sites excluding steroid dienone is 1. The summed E-state index contributed by atoms with van der Waals surface area (Å²) in [6.45, 7) is 10.8. The maximum Gasteiger partial charge on any atom is 0.327 e. The predicted molar refractivity (Wildman–Crippen MR) is 83.5 cm³/mol. The maximum absolute atomic E-state index is 13.1. The quantitative estimate of drug-likeness (QED) is 0.600. The van der Waals surface area contributed by atoms with Crippen LogP contribution < -0.4 is 0 Å². The molecule has 0 radical (unpaired) electrons. The summed E-state index contributed by atoms with van der Waals surface area (Å²) in [4.78, 5) is 12.6. The lowest BCUT2D eigenvalue weighted by atomic mass is 9.71. The SMILES string of the molecule is C=C[C@@H](c1ccc(F)cc1)[C@](C#N)(CC)C(=O)OC(C)(C)C. The number of rotatable bonds is 5. The van der Waals surface area contributed by atoms with Crippen molar-refractivity contribution in [2.24, 2.45) is 5.41 Å². The van der Waals surface area contributed by atoms with E-state index in [-0.39, 0.29) is 12.2 Å². The minimum absolute atomic E-state index is 0.270. The molecule has 22 heavy (non-hydrogen) atoms. The Morgan fingerprint density at radius 1 is 1.41 bits per heavy atom. The number of benzene rings is 1. The van der Waals surface area contributed by atoms with Gasteiger partial charge in [-0.1, -0.05) is 25.1 Å². The molecular formula is C18H22FNO2. The summed E-state index contributed by atoms with van der Waals surface area (Å²) in [5.41, 5.74) is -1.42. The first-order valence-electron chi connectivity index (χ1n) is 7.23. The highest BCUT2D eigenvalue weighted by atomic mass is 19.1. The van der Waals surface area contributed by atoms with E-state index in [1.54, 1.807) is 45.9 Å². The summed E-state index contributed by atoms with van der Waals surface area (Å²) >= 11 is 0. The van der Waals surface area contributed by atoms with Gasteiger partial charge in [-0.3, -0.25) is 4.79 Å². The third-order valence-corrected chi connectivity index (χ3v) is 3.52. The van der Waals surface area contributed by atoms with Crippen molar-refractivity contribution < 1.29 is 13.9 Å². The van der Waals surface area contributed by atoms with Crippen LogP contribution in [-0.4, -0.2) is 11.6 Å². The minimum Gasteiger partial charge on any atom is -0.459 e. The molecule has 0 aliphatic rings. The molecule has 1 aromatic carbocycles. The van der Waals surface area contributed by atoms with Crippen molar-refractivity contribution in [3.63, 3.8) is 0 Å². The van der Waals surface area contributed by atoms with Crippen LogP contribution in [0.2, 0.25) is 0 Å². The van der Waals surface area contributed by atoms with Crippen LogP contribution in [0.4, 0.5) is 4.39 Å². The van der Waals surface area contributed by atoms with Crippen LogP contribution in [0, 0.1) is 22.6 Å². The Morgan fingerprint density at radius 3 is 2.32 bits per heavy atom. The summed E-state index contributed by atoms with van der Waals surface area (Å²) < 4.78 is 18.5. The lowest BCUT2D eigenvalue weighted by Gasteiger charge is -2.33. The number of halogens is 1. The van der Waals surface area contributed by atoms with Gasteiger partial charge >= 0.3 is 5.97 Å². The van der Waals surface area contributed by atoms with Crippen molar-refractivity contribution in [1.82, 2.24) is 0 Å². The monoisotopic (exact) mass is 303 g/mol. The van der Waals surface area contributed by atoms with E-state index in [2.05, 4.69) is 12.6 Å². The first kappa shape index (κ1) is 17.9. The van der Waals surface area contributed by atoms with E-state index >= 15 is 0 Å². The minimum atomic E-state index is -1.38. The van der Waals surface area contributed by atoms with Crippen LogP contribution in [0.25, 0.3) is 0 Å². The summed E-state index contributed by atoms with van der Waals surface area (Å²) in [6.07, 6.45) is 1.82. The van der Waals surface area contributed by atoms with Crippen molar-refractivity contribution in [1.29, 1.82) is 5.26 Å². The zero-order valence-corrected chi connectivity index (χ0v) is 13.5. The Balaban J connectivity index is 3.32. The molecular weight excluding hydrogens is 281 g/mol. The topological polar surface area (TPSA) is 50.1 Å². The highest BCUT2D eigenvalue weighted by Crippen LogP contribution is 2.41. The number of ether oxygens (including phenoxy) is 1. The third-order valence-electron chi connectivity index (χ3n) is 3.52. The largest absolute Gasteiger partial charge is 0.459 e. The van der Waals surface area contributed by atoms with Crippen LogP contribution in [0.3, 0.4) is 0 Å². The third kappa shape index (κ3) is 3.73. The van der Waals surface area contributed by atoms with E-state index in [4.69, 9.17) is 4.74 Å². The summed E-state index contributed by atoms with van der Waals surface area (Å²) in [7, 11) is 0. The molecule has 0 heterocycles. The van der Waals surface area contributed by atoms with E-state index < -0.39 is 22.9 Å². The standard InChI is InChI=1S/C18H22FNO2/c1-6-15(13-8-10-14(19)11-9-13)18(7-2,12-20)16(21)22-17(3,4)5/h6,8-11,15H,1,7H2,2-5H3/t15-,18+/m0/s1. The Kier molecular flexibility index (Phi) is 5.48. The van der Waals surface area contributed by atoms with Gasteiger partial charge in [0.1, 0.15) is 11.4 Å². The van der Waals surface area contributed by atoms with Crippen LogP contribution in [0.5, 0.6) is 0 Å². The number of esters is 1. The summed E-state index contributed by atoms with van der Waals surface area (Å²) in [6, 6.07) is 7.85. The van der Waals surface area contributed by atoms with Gasteiger partial charge in [-0.15, -0.1) is 6.58 Å². The van der Waals surface area contributed by atoms with Gasteiger partial charge in [0.05, 0.1) is 6.07 Å². The van der Waals surface area contributed by atoms with Gasteiger partial charge in [0.25, 0.3) is 0 Å². The average molecular weight is 303 g/mol. The zero-order valence-electron chi connectivity index (χ0n) is 13.5. The van der Waals surface area contributed by atoms with Crippen LogP contribution >= 0.6 is 0 Å². The fourth-order valence-corrected chi connectivity index (χ4v) is 2.35. The normalized spacial score (nSPS) is 15.3.